The number of amides is 2. The van der Waals surface area contributed by atoms with Gasteiger partial charge in [-0.3, -0.25) is 9.59 Å². The fraction of sp³-hybridized carbons (Fsp3) is 0.333. The summed E-state index contributed by atoms with van der Waals surface area (Å²) in [5, 5.41) is 2.88. The molecule has 0 aliphatic carbocycles. The molecule has 1 aliphatic rings. The van der Waals surface area contributed by atoms with Gasteiger partial charge < -0.3 is 19.7 Å². The Balaban J connectivity index is 1.52. The molecule has 0 radical (unpaired) electrons. The van der Waals surface area contributed by atoms with E-state index < -0.39 is 0 Å². The zero-order chi connectivity index (χ0) is 19.2. The summed E-state index contributed by atoms with van der Waals surface area (Å²) >= 11 is 0. The lowest BCUT2D eigenvalue weighted by molar-refractivity contribution is -0.123. The molecule has 1 saturated heterocycles. The minimum atomic E-state index is -0.232. The lowest BCUT2D eigenvalue weighted by Crippen LogP contribution is -2.39. The van der Waals surface area contributed by atoms with E-state index in [-0.39, 0.29) is 30.9 Å². The van der Waals surface area contributed by atoms with Crippen molar-refractivity contribution in [2.45, 2.75) is 26.3 Å². The predicted octanol–water partition coefficient (Wildman–Crippen LogP) is 2.69. The molecule has 142 valence electrons. The number of hydrogen-bond donors (Lipinski definition) is 1. The average Bonchev–Trinajstić information content (AvgIpc) is 3.02. The van der Waals surface area contributed by atoms with Crippen LogP contribution in [0.2, 0.25) is 0 Å². The smallest absolute Gasteiger partial charge is 0.258 e. The quantitative estimate of drug-likeness (QED) is 0.816. The van der Waals surface area contributed by atoms with Gasteiger partial charge in [-0.15, -0.1) is 0 Å². The maximum atomic E-state index is 12.3. The number of anilines is 1. The SMILES string of the molecule is CCOc1ccc(N2C[C@H](NC(=O)COc3ccccc3C)CC2=O)cc1. The van der Waals surface area contributed by atoms with Gasteiger partial charge in [-0.25, -0.2) is 0 Å². The summed E-state index contributed by atoms with van der Waals surface area (Å²) in [6.45, 7) is 4.83. The normalized spacial score (nSPS) is 16.3. The topological polar surface area (TPSA) is 67.9 Å². The van der Waals surface area contributed by atoms with E-state index in [0.29, 0.717) is 18.9 Å². The number of nitrogens with one attached hydrogen (secondary N) is 1. The van der Waals surface area contributed by atoms with Crippen LogP contribution in [0, 0.1) is 6.92 Å². The molecule has 0 aromatic heterocycles. The molecule has 0 bridgehead atoms. The van der Waals surface area contributed by atoms with Crippen LogP contribution in [0.15, 0.2) is 48.5 Å². The highest BCUT2D eigenvalue weighted by atomic mass is 16.5. The molecule has 0 unspecified atom stereocenters. The van der Waals surface area contributed by atoms with Crippen LogP contribution in [0.3, 0.4) is 0 Å². The van der Waals surface area contributed by atoms with Crippen molar-refractivity contribution in [2.75, 3.05) is 24.7 Å². The van der Waals surface area contributed by atoms with E-state index in [1.807, 2.05) is 62.4 Å². The van der Waals surface area contributed by atoms with Crippen LogP contribution in [-0.2, 0) is 9.59 Å². The summed E-state index contributed by atoms with van der Waals surface area (Å²) in [4.78, 5) is 26.2. The van der Waals surface area contributed by atoms with Gasteiger partial charge in [0, 0.05) is 18.7 Å². The Morgan fingerprint density at radius 2 is 1.89 bits per heavy atom. The molecule has 1 heterocycles. The third-order valence-electron chi connectivity index (χ3n) is 4.40. The van der Waals surface area contributed by atoms with E-state index in [9.17, 15) is 9.59 Å². The molecular formula is C21H24N2O4. The highest BCUT2D eigenvalue weighted by Gasteiger charge is 2.31. The largest absolute Gasteiger partial charge is 0.494 e. The highest BCUT2D eigenvalue weighted by Crippen LogP contribution is 2.24. The summed E-state index contributed by atoms with van der Waals surface area (Å²) in [5.41, 5.74) is 1.78. The number of rotatable bonds is 7. The molecule has 6 heteroatoms. The van der Waals surface area contributed by atoms with Gasteiger partial charge in [0.25, 0.3) is 5.91 Å². The number of carbonyl (C=O) groups is 2. The standard InChI is InChI=1S/C21H24N2O4/c1-3-26-18-10-8-17(9-11-18)23-13-16(12-21(23)25)22-20(24)14-27-19-7-5-4-6-15(19)2/h4-11,16H,3,12-14H2,1-2H3,(H,22,24)/t16-/m1/s1. The lowest BCUT2D eigenvalue weighted by Gasteiger charge is -2.18. The first-order chi connectivity index (χ1) is 13.1. The number of hydrogen-bond acceptors (Lipinski definition) is 4. The first kappa shape index (κ1) is 18.8. The van der Waals surface area contributed by atoms with Crippen molar-refractivity contribution in [1.82, 2.24) is 5.32 Å². The monoisotopic (exact) mass is 368 g/mol. The summed E-state index contributed by atoms with van der Waals surface area (Å²) < 4.78 is 11.0. The molecule has 6 nitrogen and oxygen atoms in total. The van der Waals surface area contributed by atoms with Crippen molar-refractivity contribution in [2.24, 2.45) is 0 Å². The lowest BCUT2D eigenvalue weighted by atomic mass is 10.2. The van der Waals surface area contributed by atoms with Crippen LogP contribution >= 0.6 is 0 Å². The van der Waals surface area contributed by atoms with Crippen molar-refractivity contribution in [3.63, 3.8) is 0 Å². The van der Waals surface area contributed by atoms with Crippen LogP contribution in [-0.4, -0.2) is 37.6 Å². The summed E-state index contributed by atoms with van der Waals surface area (Å²) in [7, 11) is 0. The van der Waals surface area contributed by atoms with Crippen LogP contribution in [0.4, 0.5) is 5.69 Å². The third-order valence-corrected chi connectivity index (χ3v) is 4.40. The first-order valence-electron chi connectivity index (χ1n) is 9.08. The van der Waals surface area contributed by atoms with E-state index in [0.717, 1.165) is 17.0 Å². The number of carbonyl (C=O) groups excluding carboxylic acids is 2. The second-order valence-corrected chi connectivity index (χ2v) is 6.45. The molecule has 0 spiro atoms. The van der Waals surface area contributed by atoms with Gasteiger partial charge >= 0.3 is 0 Å². The predicted molar refractivity (Wildman–Crippen MR) is 103 cm³/mol. The second-order valence-electron chi connectivity index (χ2n) is 6.45. The summed E-state index contributed by atoms with van der Waals surface area (Å²) in [6, 6.07) is 14.7. The molecule has 0 saturated carbocycles. The maximum absolute atomic E-state index is 12.3. The molecular weight excluding hydrogens is 344 g/mol. The van der Waals surface area contributed by atoms with Gasteiger partial charge in [0.05, 0.1) is 12.6 Å². The minimum Gasteiger partial charge on any atom is -0.494 e. The fourth-order valence-electron chi connectivity index (χ4n) is 3.07. The Hall–Kier alpha value is -3.02. The van der Waals surface area contributed by atoms with Crippen molar-refractivity contribution >= 4 is 17.5 Å². The van der Waals surface area contributed by atoms with Gasteiger partial charge in [-0.05, 0) is 49.7 Å². The van der Waals surface area contributed by atoms with Crippen LogP contribution in [0.5, 0.6) is 11.5 Å². The molecule has 2 aromatic rings. The third kappa shape index (κ3) is 4.78. The zero-order valence-electron chi connectivity index (χ0n) is 15.6. The Morgan fingerprint density at radius 1 is 1.15 bits per heavy atom. The van der Waals surface area contributed by atoms with Gasteiger partial charge in [0.15, 0.2) is 6.61 Å². The summed E-state index contributed by atoms with van der Waals surface area (Å²) in [5.74, 6) is 1.21. The van der Waals surface area contributed by atoms with Gasteiger partial charge in [0.1, 0.15) is 11.5 Å². The number of benzene rings is 2. The van der Waals surface area contributed by atoms with Crippen molar-refractivity contribution in [3.8, 4) is 11.5 Å². The molecule has 1 atom stereocenters. The Bertz CT molecular complexity index is 804. The van der Waals surface area contributed by atoms with E-state index in [1.165, 1.54) is 0 Å². The van der Waals surface area contributed by atoms with Crippen molar-refractivity contribution < 1.29 is 19.1 Å². The van der Waals surface area contributed by atoms with E-state index in [1.54, 1.807) is 4.90 Å². The zero-order valence-corrected chi connectivity index (χ0v) is 15.6. The van der Waals surface area contributed by atoms with E-state index in [2.05, 4.69) is 5.32 Å². The number of para-hydroxylation sites is 1. The highest BCUT2D eigenvalue weighted by molar-refractivity contribution is 5.97. The molecule has 27 heavy (non-hydrogen) atoms. The second kappa shape index (κ2) is 8.58. The molecule has 1 aliphatic heterocycles. The Labute approximate surface area is 159 Å². The maximum Gasteiger partial charge on any atom is 0.258 e. The van der Waals surface area contributed by atoms with E-state index >= 15 is 0 Å². The molecule has 1 N–H and O–H groups in total. The van der Waals surface area contributed by atoms with Crippen LogP contribution in [0.25, 0.3) is 0 Å². The molecule has 2 aromatic carbocycles. The fourth-order valence-corrected chi connectivity index (χ4v) is 3.07. The molecule has 3 rings (SSSR count). The summed E-state index contributed by atoms with van der Waals surface area (Å²) in [6.07, 6.45) is 0.281. The van der Waals surface area contributed by atoms with Gasteiger partial charge in [-0.1, -0.05) is 18.2 Å². The first-order valence-corrected chi connectivity index (χ1v) is 9.08. The van der Waals surface area contributed by atoms with Gasteiger partial charge in [0.2, 0.25) is 5.91 Å². The number of ether oxygens (including phenoxy) is 2. The molecule has 2 amide bonds. The molecule has 1 fully saturated rings. The van der Waals surface area contributed by atoms with Crippen molar-refractivity contribution in [3.05, 3.63) is 54.1 Å². The van der Waals surface area contributed by atoms with Crippen LogP contribution < -0.4 is 19.7 Å². The Kier molecular flexibility index (Phi) is 5.96. The Morgan fingerprint density at radius 3 is 2.59 bits per heavy atom. The van der Waals surface area contributed by atoms with Gasteiger partial charge in [-0.2, -0.15) is 0 Å². The van der Waals surface area contributed by atoms with E-state index in [4.69, 9.17) is 9.47 Å². The van der Waals surface area contributed by atoms with Crippen LogP contribution in [0.1, 0.15) is 18.9 Å². The average molecular weight is 368 g/mol. The number of nitrogens with zero attached hydrogens (tertiary/aromatic N) is 1. The minimum absolute atomic E-state index is 0.00992. The number of aryl methyl sites for hydroxylation is 1. The van der Waals surface area contributed by atoms with Crippen molar-refractivity contribution in [1.29, 1.82) is 0 Å².